The van der Waals surface area contributed by atoms with E-state index in [4.69, 9.17) is 5.73 Å². The summed E-state index contributed by atoms with van der Waals surface area (Å²) in [7, 11) is 0. The highest BCUT2D eigenvalue weighted by atomic mass is 32.2. The van der Waals surface area contributed by atoms with Crippen molar-refractivity contribution in [1.82, 2.24) is 4.98 Å². The lowest BCUT2D eigenvalue weighted by Gasteiger charge is -2.22. The van der Waals surface area contributed by atoms with Gasteiger partial charge in [0.2, 0.25) is 0 Å². The van der Waals surface area contributed by atoms with Crippen molar-refractivity contribution in [2.75, 3.05) is 5.73 Å². The maximum absolute atomic E-state index is 13.2. The first-order valence-corrected chi connectivity index (χ1v) is 9.58. The lowest BCUT2D eigenvalue weighted by Crippen LogP contribution is -2.10. The highest BCUT2D eigenvalue weighted by molar-refractivity contribution is 7.99. The molecule has 0 saturated heterocycles. The van der Waals surface area contributed by atoms with Crippen LogP contribution in [0.1, 0.15) is 16.7 Å². The minimum Gasteiger partial charge on any atom is -0.398 e. The summed E-state index contributed by atoms with van der Waals surface area (Å²) in [5.41, 5.74) is 10.3. The number of alkyl halides is 3. The first-order chi connectivity index (χ1) is 13.4. The second-order valence-corrected chi connectivity index (χ2v) is 8.00. The molecule has 0 saturated carbocycles. The first kappa shape index (κ1) is 17.3. The molecule has 0 amide bonds. The van der Waals surface area contributed by atoms with Crippen LogP contribution >= 0.6 is 11.8 Å². The molecule has 0 radical (unpaired) electrons. The average Bonchev–Trinajstić information content (AvgIpc) is 3.09. The fraction of sp³-hybridized carbons (Fsp3) is 0.0909. The Balaban J connectivity index is 1.56. The van der Waals surface area contributed by atoms with E-state index in [-0.39, 0.29) is 5.69 Å². The molecule has 1 aromatic heterocycles. The maximum atomic E-state index is 13.2. The number of para-hydroxylation sites is 1. The van der Waals surface area contributed by atoms with Crippen molar-refractivity contribution in [2.24, 2.45) is 0 Å². The molecule has 0 atom stereocenters. The number of aromatic nitrogens is 1. The molecule has 0 aliphatic carbocycles. The van der Waals surface area contributed by atoms with Gasteiger partial charge in [-0.15, -0.1) is 0 Å². The van der Waals surface area contributed by atoms with Crippen LogP contribution in [0.25, 0.3) is 22.2 Å². The highest BCUT2D eigenvalue weighted by Crippen LogP contribution is 2.45. The molecule has 140 valence electrons. The Morgan fingerprint density at radius 3 is 2.54 bits per heavy atom. The lowest BCUT2D eigenvalue weighted by molar-refractivity contribution is -0.137. The van der Waals surface area contributed by atoms with Gasteiger partial charge in [0.1, 0.15) is 0 Å². The Morgan fingerprint density at radius 2 is 1.75 bits per heavy atom. The van der Waals surface area contributed by atoms with Crippen molar-refractivity contribution in [3.05, 3.63) is 77.4 Å². The third-order valence-electron chi connectivity index (χ3n) is 5.07. The number of aromatic amines is 1. The van der Waals surface area contributed by atoms with E-state index in [1.165, 1.54) is 17.8 Å². The van der Waals surface area contributed by atoms with Gasteiger partial charge < -0.3 is 10.7 Å². The smallest absolute Gasteiger partial charge is 0.398 e. The fourth-order valence-electron chi connectivity index (χ4n) is 3.61. The van der Waals surface area contributed by atoms with Crippen molar-refractivity contribution in [3.8, 4) is 11.3 Å². The highest BCUT2D eigenvalue weighted by Gasteiger charge is 2.33. The fourth-order valence-corrected chi connectivity index (χ4v) is 4.80. The van der Waals surface area contributed by atoms with Gasteiger partial charge >= 0.3 is 6.18 Å². The third kappa shape index (κ3) is 2.85. The summed E-state index contributed by atoms with van der Waals surface area (Å²) in [6.07, 6.45) is -3.87. The van der Waals surface area contributed by atoms with E-state index >= 15 is 0 Å². The minimum atomic E-state index is -4.41. The normalized spacial score (nSPS) is 13.4. The molecule has 0 bridgehead atoms. The maximum Gasteiger partial charge on any atom is 0.416 e. The van der Waals surface area contributed by atoms with Crippen molar-refractivity contribution in [3.63, 3.8) is 0 Å². The van der Waals surface area contributed by atoms with Gasteiger partial charge in [0, 0.05) is 38.5 Å². The summed E-state index contributed by atoms with van der Waals surface area (Å²) >= 11 is 1.35. The number of H-pyrrole nitrogens is 1. The zero-order valence-electron chi connectivity index (χ0n) is 14.6. The van der Waals surface area contributed by atoms with Gasteiger partial charge in [-0.05, 0) is 47.0 Å². The standard InChI is InChI=1S/C22H15F3N2S/c23-22(24,25)15-10-17(26)16-7-14-6-5-13(9-20(14)28-21(16)11-15)19-8-12-3-1-2-4-18(12)27-19/h1-6,8-11,27H,7,26H2. The molecule has 2 nitrogen and oxygen atoms in total. The molecule has 0 unspecified atom stereocenters. The second-order valence-electron chi connectivity index (χ2n) is 6.91. The number of hydrogen-bond donors (Lipinski definition) is 2. The van der Waals surface area contributed by atoms with Crippen LogP contribution in [-0.4, -0.2) is 4.98 Å². The Bertz CT molecular complexity index is 1190. The van der Waals surface area contributed by atoms with Gasteiger partial charge in [0.05, 0.1) is 5.56 Å². The number of fused-ring (bicyclic) bond motifs is 3. The topological polar surface area (TPSA) is 41.8 Å². The molecule has 3 aromatic carbocycles. The van der Waals surface area contributed by atoms with Gasteiger partial charge in [0.15, 0.2) is 0 Å². The van der Waals surface area contributed by atoms with Crippen molar-refractivity contribution >= 4 is 28.4 Å². The summed E-state index contributed by atoms with van der Waals surface area (Å²) in [4.78, 5) is 4.94. The third-order valence-corrected chi connectivity index (χ3v) is 6.25. The minimum absolute atomic E-state index is 0.197. The number of nitrogens with one attached hydrogen (secondary N) is 1. The van der Waals surface area contributed by atoms with E-state index in [1.54, 1.807) is 0 Å². The van der Waals surface area contributed by atoms with Crippen LogP contribution < -0.4 is 5.73 Å². The van der Waals surface area contributed by atoms with Gasteiger partial charge in [-0.3, -0.25) is 0 Å². The Hall–Kier alpha value is -2.86. The summed E-state index contributed by atoms with van der Waals surface area (Å²) in [5.74, 6) is 0. The summed E-state index contributed by atoms with van der Waals surface area (Å²) in [6, 6.07) is 18.4. The number of halogens is 3. The molecule has 2 heterocycles. The lowest BCUT2D eigenvalue weighted by atomic mass is 9.99. The van der Waals surface area contributed by atoms with Crippen LogP contribution in [-0.2, 0) is 12.6 Å². The van der Waals surface area contributed by atoms with E-state index in [0.717, 1.165) is 44.2 Å². The Kier molecular flexibility index (Phi) is 3.74. The van der Waals surface area contributed by atoms with E-state index in [0.29, 0.717) is 11.3 Å². The van der Waals surface area contributed by atoms with Gasteiger partial charge in [-0.25, -0.2) is 0 Å². The summed E-state index contributed by atoms with van der Waals surface area (Å²) in [5, 5.41) is 1.12. The molecule has 3 N–H and O–H groups in total. The quantitative estimate of drug-likeness (QED) is 0.318. The Morgan fingerprint density at radius 1 is 0.929 bits per heavy atom. The number of benzene rings is 3. The van der Waals surface area contributed by atoms with Crippen molar-refractivity contribution in [2.45, 2.75) is 22.4 Å². The van der Waals surface area contributed by atoms with Crippen LogP contribution in [0.5, 0.6) is 0 Å². The molecule has 1 aliphatic heterocycles. The van der Waals surface area contributed by atoms with Crippen LogP contribution in [0.15, 0.2) is 70.5 Å². The van der Waals surface area contributed by atoms with Crippen LogP contribution in [0.4, 0.5) is 18.9 Å². The van der Waals surface area contributed by atoms with Crippen LogP contribution in [0.2, 0.25) is 0 Å². The van der Waals surface area contributed by atoms with Gasteiger partial charge in [-0.2, -0.15) is 13.2 Å². The number of anilines is 1. The number of nitrogens with two attached hydrogens (primary N) is 1. The monoisotopic (exact) mass is 396 g/mol. The molecule has 4 aromatic rings. The molecular weight excluding hydrogens is 381 g/mol. The van der Waals surface area contributed by atoms with Gasteiger partial charge in [-0.1, -0.05) is 42.1 Å². The van der Waals surface area contributed by atoms with Crippen molar-refractivity contribution < 1.29 is 13.2 Å². The summed E-state index contributed by atoms with van der Waals surface area (Å²) < 4.78 is 39.5. The van der Waals surface area contributed by atoms with E-state index in [1.807, 2.05) is 42.5 Å². The molecule has 28 heavy (non-hydrogen) atoms. The predicted octanol–water partition coefficient (Wildman–Crippen LogP) is 6.49. The predicted molar refractivity (Wildman–Crippen MR) is 107 cm³/mol. The molecular formula is C22H15F3N2S. The first-order valence-electron chi connectivity index (χ1n) is 8.77. The molecule has 5 rings (SSSR count). The van der Waals surface area contributed by atoms with E-state index < -0.39 is 11.7 Å². The van der Waals surface area contributed by atoms with Crippen molar-refractivity contribution in [1.29, 1.82) is 0 Å². The van der Waals surface area contributed by atoms with E-state index in [9.17, 15) is 13.2 Å². The SMILES string of the molecule is Nc1cc(C(F)(F)F)cc2c1Cc1ccc(-c3cc4ccccc4[nH]3)cc1S2. The van der Waals surface area contributed by atoms with Gasteiger partial charge in [0.25, 0.3) is 0 Å². The number of nitrogen functional groups attached to an aromatic ring is 1. The average molecular weight is 396 g/mol. The molecule has 1 aliphatic rings. The zero-order valence-corrected chi connectivity index (χ0v) is 15.4. The Labute approximate surface area is 163 Å². The summed E-state index contributed by atoms with van der Waals surface area (Å²) in [6.45, 7) is 0. The van der Waals surface area contributed by atoms with Crippen LogP contribution in [0.3, 0.4) is 0 Å². The number of hydrogen-bond acceptors (Lipinski definition) is 2. The molecule has 6 heteroatoms. The van der Waals surface area contributed by atoms with E-state index in [2.05, 4.69) is 11.1 Å². The number of rotatable bonds is 1. The largest absolute Gasteiger partial charge is 0.416 e. The molecule has 0 fully saturated rings. The zero-order chi connectivity index (χ0) is 19.5. The molecule has 0 spiro atoms. The van der Waals surface area contributed by atoms with Crippen LogP contribution in [0, 0.1) is 0 Å². The second kappa shape index (κ2) is 6.07.